The summed E-state index contributed by atoms with van der Waals surface area (Å²) in [5, 5.41) is 0.994. The third-order valence-corrected chi connectivity index (χ3v) is 3.22. The van der Waals surface area contributed by atoms with Crippen LogP contribution in [0.5, 0.6) is 0 Å². The standard InChI is InChI=1S/C15H16BrN/c1-17-12-6-10-15(17)14(9-5-11-16)13-7-3-2-4-8-13/h2-4,6-10,12H,5,11H2,1H3/b14-9+. The number of rotatable bonds is 4. The largest absolute Gasteiger partial charge is 0.351 e. The Hall–Kier alpha value is -1.28. The molecule has 17 heavy (non-hydrogen) atoms. The van der Waals surface area contributed by atoms with Crippen LogP contribution in [0, 0.1) is 0 Å². The topological polar surface area (TPSA) is 4.93 Å². The number of benzene rings is 1. The van der Waals surface area contributed by atoms with Crippen LogP contribution in [0.15, 0.2) is 54.7 Å². The second kappa shape index (κ2) is 5.87. The van der Waals surface area contributed by atoms with Crippen molar-refractivity contribution in [3.05, 3.63) is 66.0 Å². The van der Waals surface area contributed by atoms with E-state index >= 15 is 0 Å². The van der Waals surface area contributed by atoms with Crippen LogP contribution < -0.4 is 0 Å². The number of nitrogens with zero attached hydrogens (tertiary/aromatic N) is 1. The molecule has 1 aromatic heterocycles. The summed E-state index contributed by atoms with van der Waals surface area (Å²) in [4.78, 5) is 0. The summed E-state index contributed by atoms with van der Waals surface area (Å²) in [6.07, 6.45) is 5.41. The molecule has 2 rings (SSSR count). The second-order valence-corrected chi connectivity index (χ2v) is 4.76. The number of allylic oxidation sites excluding steroid dienone is 1. The van der Waals surface area contributed by atoms with Crippen LogP contribution >= 0.6 is 15.9 Å². The van der Waals surface area contributed by atoms with E-state index in [9.17, 15) is 0 Å². The Bertz CT molecular complexity index is 497. The highest BCUT2D eigenvalue weighted by Gasteiger charge is 2.06. The molecular formula is C15H16BrN. The summed E-state index contributed by atoms with van der Waals surface area (Å²) in [6, 6.07) is 14.8. The molecule has 1 nitrogen and oxygen atoms in total. The zero-order valence-electron chi connectivity index (χ0n) is 9.94. The SMILES string of the molecule is Cn1cccc1/C(=C/CCBr)c1ccccc1. The van der Waals surface area contributed by atoms with Gasteiger partial charge in [0.05, 0.1) is 0 Å². The molecule has 88 valence electrons. The van der Waals surface area contributed by atoms with E-state index in [0.717, 1.165) is 11.8 Å². The lowest BCUT2D eigenvalue weighted by Crippen LogP contribution is -1.96. The number of hydrogen-bond acceptors (Lipinski definition) is 0. The van der Waals surface area contributed by atoms with Crippen molar-refractivity contribution in [2.45, 2.75) is 6.42 Å². The van der Waals surface area contributed by atoms with Gasteiger partial charge in [0.2, 0.25) is 0 Å². The molecule has 0 spiro atoms. The Morgan fingerprint density at radius 3 is 2.53 bits per heavy atom. The van der Waals surface area contributed by atoms with E-state index in [1.807, 2.05) is 0 Å². The van der Waals surface area contributed by atoms with E-state index in [1.165, 1.54) is 16.8 Å². The monoisotopic (exact) mass is 289 g/mol. The van der Waals surface area contributed by atoms with Crippen molar-refractivity contribution in [1.29, 1.82) is 0 Å². The minimum absolute atomic E-state index is 0.994. The number of aryl methyl sites for hydroxylation is 1. The summed E-state index contributed by atoms with van der Waals surface area (Å²) in [6.45, 7) is 0. The predicted octanol–water partition coefficient (Wildman–Crippen LogP) is 4.24. The molecule has 0 aliphatic carbocycles. The lowest BCUT2D eigenvalue weighted by Gasteiger charge is -2.09. The summed E-state index contributed by atoms with van der Waals surface area (Å²) in [5.74, 6) is 0. The van der Waals surface area contributed by atoms with Crippen LogP contribution in [0.25, 0.3) is 5.57 Å². The van der Waals surface area contributed by atoms with Crippen LogP contribution in [0.4, 0.5) is 0 Å². The van der Waals surface area contributed by atoms with Crippen molar-refractivity contribution in [2.75, 3.05) is 5.33 Å². The lowest BCUT2D eigenvalue weighted by atomic mass is 10.0. The highest BCUT2D eigenvalue weighted by Crippen LogP contribution is 2.23. The van der Waals surface area contributed by atoms with E-state index in [-0.39, 0.29) is 0 Å². The molecule has 0 unspecified atom stereocenters. The van der Waals surface area contributed by atoms with Crippen molar-refractivity contribution in [3.63, 3.8) is 0 Å². The first-order valence-corrected chi connectivity index (χ1v) is 6.88. The smallest absolute Gasteiger partial charge is 0.0480 e. The molecule has 0 aliphatic heterocycles. The molecule has 0 aliphatic rings. The first kappa shape index (κ1) is 12.2. The summed E-state index contributed by atoms with van der Waals surface area (Å²) in [5.41, 5.74) is 3.84. The molecular weight excluding hydrogens is 274 g/mol. The number of alkyl halides is 1. The second-order valence-electron chi connectivity index (χ2n) is 3.97. The van der Waals surface area contributed by atoms with Crippen LogP contribution in [-0.4, -0.2) is 9.90 Å². The number of aromatic nitrogens is 1. The van der Waals surface area contributed by atoms with E-state index in [2.05, 4.69) is 82.3 Å². The highest BCUT2D eigenvalue weighted by atomic mass is 79.9. The number of halogens is 1. The fraction of sp³-hybridized carbons (Fsp3) is 0.200. The van der Waals surface area contributed by atoms with Gasteiger partial charge in [-0.1, -0.05) is 52.3 Å². The quantitative estimate of drug-likeness (QED) is 0.742. The van der Waals surface area contributed by atoms with E-state index in [4.69, 9.17) is 0 Å². The predicted molar refractivity (Wildman–Crippen MR) is 77.3 cm³/mol. The molecule has 2 aromatic rings. The Labute approximate surface area is 111 Å². The molecule has 1 aromatic carbocycles. The first-order chi connectivity index (χ1) is 8.33. The van der Waals surface area contributed by atoms with Crippen LogP contribution in [0.3, 0.4) is 0 Å². The van der Waals surface area contributed by atoms with E-state index < -0.39 is 0 Å². The molecule has 0 atom stereocenters. The molecule has 2 heteroatoms. The lowest BCUT2D eigenvalue weighted by molar-refractivity contribution is 0.908. The van der Waals surface area contributed by atoms with Crippen molar-refractivity contribution in [3.8, 4) is 0 Å². The first-order valence-electron chi connectivity index (χ1n) is 5.76. The molecule has 0 N–H and O–H groups in total. The van der Waals surface area contributed by atoms with Gasteiger partial charge < -0.3 is 4.57 Å². The molecule has 0 saturated heterocycles. The minimum atomic E-state index is 0.994. The van der Waals surface area contributed by atoms with Gasteiger partial charge in [-0.15, -0.1) is 0 Å². The fourth-order valence-electron chi connectivity index (χ4n) is 1.93. The maximum Gasteiger partial charge on any atom is 0.0480 e. The van der Waals surface area contributed by atoms with Crippen LogP contribution in [-0.2, 0) is 7.05 Å². The van der Waals surface area contributed by atoms with Gasteiger partial charge in [0.1, 0.15) is 0 Å². The average molecular weight is 290 g/mol. The molecule has 0 amide bonds. The summed E-state index contributed by atoms with van der Waals surface area (Å²) in [7, 11) is 2.08. The van der Waals surface area contributed by atoms with E-state index in [0.29, 0.717) is 0 Å². The van der Waals surface area contributed by atoms with E-state index in [1.54, 1.807) is 0 Å². The van der Waals surface area contributed by atoms with Gasteiger partial charge in [0.15, 0.2) is 0 Å². The molecule has 0 radical (unpaired) electrons. The third kappa shape index (κ3) is 2.89. The van der Waals surface area contributed by atoms with Gasteiger partial charge >= 0.3 is 0 Å². The van der Waals surface area contributed by atoms with Crippen molar-refractivity contribution < 1.29 is 0 Å². The Morgan fingerprint density at radius 2 is 1.94 bits per heavy atom. The fourth-order valence-corrected chi connectivity index (χ4v) is 2.16. The van der Waals surface area contributed by atoms with Gasteiger partial charge in [-0.3, -0.25) is 0 Å². The highest BCUT2D eigenvalue weighted by molar-refractivity contribution is 9.09. The molecule has 0 saturated carbocycles. The maximum absolute atomic E-state index is 3.48. The van der Waals surface area contributed by atoms with Gasteiger partial charge in [0, 0.05) is 29.8 Å². The normalized spacial score (nSPS) is 11.8. The van der Waals surface area contributed by atoms with Crippen molar-refractivity contribution in [1.82, 2.24) is 4.57 Å². The molecule has 0 fully saturated rings. The zero-order chi connectivity index (χ0) is 12.1. The molecule has 0 bridgehead atoms. The Kier molecular flexibility index (Phi) is 4.21. The maximum atomic E-state index is 3.48. The average Bonchev–Trinajstić information content (AvgIpc) is 2.78. The zero-order valence-corrected chi connectivity index (χ0v) is 11.5. The Balaban J connectivity index is 2.43. The van der Waals surface area contributed by atoms with Crippen molar-refractivity contribution in [2.24, 2.45) is 7.05 Å². The summed E-state index contributed by atoms with van der Waals surface area (Å²) < 4.78 is 2.16. The van der Waals surface area contributed by atoms with Gasteiger partial charge in [-0.2, -0.15) is 0 Å². The minimum Gasteiger partial charge on any atom is -0.351 e. The number of hydrogen-bond donors (Lipinski definition) is 0. The third-order valence-electron chi connectivity index (χ3n) is 2.76. The summed E-state index contributed by atoms with van der Waals surface area (Å²) >= 11 is 3.48. The van der Waals surface area contributed by atoms with Crippen LogP contribution in [0.1, 0.15) is 17.7 Å². The van der Waals surface area contributed by atoms with Gasteiger partial charge in [0.25, 0.3) is 0 Å². The van der Waals surface area contributed by atoms with Gasteiger partial charge in [-0.25, -0.2) is 0 Å². The Morgan fingerprint density at radius 1 is 1.18 bits per heavy atom. The van der Waals surface area contributed by atoms with Gasteiger partial charge in [-0.05, 0) is 24.1 Å². The van der Waals surface area contributed by atoms with Crippen molar-refractivity contribution >= 4 is 21.5 Å². The van der Waals surface area contributed by atoms with Crippen LogP contribution in [0.2, 0.25) is 0 Å². The molecule has 1 heterocycles.